The smallest absolute Gasteiger partial charge is 0.254 e. The molecule has 2 rings (SSSR count). The fourth-order valence-corrected chi connectivity index (χ4v) is 2.40. The van der Waals surface area contributed by atoms with E-state index in [4.69, 9.17) is 0 Å². The molecule has 2 unspecified atom stereocenters. The number of aliphatic hydroxyl groups excluding tert-OH is 1. The van der Waals surface area contributed by atoms with Crippen molar-refractivity contribution in [3.05, 3.63) is 35.1 Å². The average molecular weight is 287 g/mol. The lowest BCUT2D eigenvalue weighted by Gasteiger charge is -2.21. The molecule has 0 radical (unpaired) electrons. The molecule has 1 aromatic rings. The zero-order valence-electron chi connectivity index (χ0n) is 10.8. The first kappa shape index (κ1) is 14.8. The van der Waals surface area contributed by atoms with Crippen LogP contribution in [0.25, 0.3) is 0 Å². The Morgan fingerprint density at radius 1 is 1.10 bits per heavy atom. The van der Waals surface area contributed by atoms with Crippen LogP contribution in [0.2, 0.25) is 0 Å². The molecule has 1 saturated carbocycles. The molecule has 1 aromatic carbocycles. The van der Waals surface area contributed by atoms with Gasteiger partial charge in [-0.05, 0) is 25.0 Å². The van der Waals surface area contributed by atoms with Gasteiger partial charge in [-0.25, -0.2) is 13.2 Å². The van der Waals surface area contributed by atoms with Gasteiger partial charge in [0.2, 0.25) is 0 Å². The van der Waals surface area contributed by atoms with E-state index in [9.17, 15) is 23.1 Å². The van der Waals surface area contributed by atoms with E-state index in [1.54, 1.807) is 0 Å². The van der Waals surface area contributed by atoms with Gasteiger partial charge < -0.3 is 10.4 Å². The van der Waals surface area contributed by atoms with Crippen molar-refractivity contribution in [3.63, 3.8) is 0 Å². The van der Waals surface area contributed by atoms with Crippen molar-refractivity contribution in [1.82, 2.24) is 5.32 Å². The van der Waals surface area contributed by atoms with Crippen molar-refractivity contribution in [1.29, 1.82) is 0 Å². The van der Waals surface area contributed by atoms with Crippen LogP contribution < -0.4 is 5.32 Å². The minimum absolute atomic E-state index is 0.488. The van der Waals surface area contributed by atoms with Crippen LogP contribution in [-0.4, -0.2) is 23.2 Å². The van der Waals surface area contributed by atoms with Crippen molar-refractivity contribution in [2.75, 3.05) is 0 Å². The number of halogens is 3. The summed E-state index contributed by atoms with van der Waals surface area (Å²) in [6.45, 7) is 0. The molecule has 0 bridgehead atoms. The molecule has 1 amide bonds. The van der Waals surface area contributed by atoms with E-state index in [2.05, 4.69) is 5.32 Å². The largest absolute Gasteiger partial charge is 0.391 e. The molecule has 1 aliphatic carbocycles. The van der Waals surface area contributed by atoms with Gasteiger partial charge >= 0.3 is 0 Å². The van der Waals surface area contributed by atoms with Crippen LogP contribution >= 0.6 is 0 Å². The zero-order valence-corrected chi connectivity index (χ0v) is 10.8. The molecular formula is C14H16F3NO2. The Kier molecular flexibility index (Phi) is 4.65. The lowest BCUT2D eigenvalue weighted by atomic mass is 10.1. The third-order valence-corrected chi connectivity index (χ3v) is 3.58. The summed E-state index contributed by atoms with van der Waals surface area (Å²) in [5.41, 5.74) is -0.555. The third kappa shape index (κ3) is 3.12. The van der Waals surface area contributed by atoms with Crippen LogP contribution in [-0.2, 0) is 0 Å². The highest BCUT2D eigenvalue weighted by molar-refractivity contribution is 5.94. The maximum absolute atomic E-state index is 13.5. The average Bonchev–Trinajstić information content (AvgIpc) is 2.61. The van der Waals surface area contributed by atoms with E-state index < -0.39 is 41.1 Å². The Balaban J connectivity index is 2.13. The first-order valence-electron chi connectivity index (χ1n) is 6.63. The van der Waals surface area contributed by atoms with Crippen molar-refractivity contribution in [3.8, 4) is 0 Å². The topological polar surface area (TPSA) is 49.3 Å². The molecule has 6 heteroatoms. The van der Waals surface area contributed by atoms with Gasteiger partial charge in [-0.3, -0.25) is 4.79 Å². The molecule has 20 heavy (non-hydrogen) atoms. The van der Waals surface area contributed by atoms with Crippen LogP contribution in [0.4, 0.5) is 13.2 Å². The summed E-state index contributed by atoms with van der Waals surface area (Å²) in [5.74, 6) is -5.36. The maximum atomic E-state index is 13.5. The summed E-state index contributed by atoms with van der Waals surface area (Å²) in [6.07, 6.45) is 3.12. The van der Waals surface area contributed by atoms with Gasteiger partial charge in [0.1, 0.15) is 0 Å². The summed E-state index contributed by atoms with van der Waals surface area (Å²) in [6, 6.07) is 1.11. The number of nitrogens with one attached hydrogen (secondary N) is 1. The quantitative estimate of drug-likeness (QED) is 0.648. The summed E-state index contributed by atoms with van der Waals surface area (Å²) < 4.78 is 39.4. The predicted molar refractivity (Wildman–Crippen MR) is 66.7 cm³/mol. The Bertz CT molecular complexity index is 507. The van der Waals surface area contributed by atoms with E-state index in [0.717, 1.165) is 25.3 Å². The second-order valence-corrected chi connectivity index (χ2v) is 5.01. The number of rotatable bonds is 2. The van der Waals surface area contributed by atoms with Crippen molar-refractivity contribution in [2.24, 2.45) is 0 Å². The van der Waals surface area contributed by atoms with Gasteiger partial charge in [0.15, 0.2) is 17.5 Å². The fraction of sp³-hybridized carbons (Fsp3) is 0.500. The molecule has 2 atom stereocenters. The predicted octanol–water partition coefficient (Wildman–Crippen LogP) is 2.53. The first-order valence-corrected chi connectivity index (χ1v) is 6.63. The second-order valence-electron chi connectivity index (χ2n) is 5.01. The number of carbonyl (C=O) groups is 1. The number of benzene rings is 1. The van der Waals surface area contributed by atoms with Crippen molar-refractivity contribution >= 4 is 5.91 Å². The van der Waals surface area contributed by atoms with Gasteiger partial charge in [0.25, 0.3) is 5.91 Å². The van der Waals surface area contributed by atoms with Gasteiger partial charge in [0.05, 0.1) is 17.7 Å². The Labute approximate surface area is 114 Å². The number of aliphatic hydroxyl groups is 1. The summed E-state index contributed by atoms with van der Waals surface area (Å²) in [5, 5.41) is 12.4. The van der Waals surface area contributed by atoms with Crippen LogP contribution in [0.3, 0.4) is 0 Å². The SMILES string of the molecule is O=C(NC1CCCCCC1O)c1ccc(F)c(F)c1F. The molecule has 0 heterocycles. The van der Waals surface area contributed by atoms with E-state index in [1.807, 2.05) is 0 Å². The Morgan fingerprint density at radius 2 is 1.80 bits per heavy atom. The molecule has 2 N–H and O–H groups in total. The van der Waals surface area contributed by atoms with Crippen LogP contribution in [0.15, 0.2) is 12.1 Å². The van der Waals surface area contributed by atoms with Crippen molar-refractivity contribution in [2.45, 2.75) is 44.2 Å². The van der Waals surface area contributed by atoms with E-state index in [0.29, 0.717) is 18.9 Å². The number of hydrogen-bond donors (Lipinski definition) is 2. The lowest BCUT2D eigenvalue weighted by molar-refractivity contribution is 0.0814. The fourth-order valence-electron chi connectivity index (χ4n) is 2.40. The number of amides is 1. The maximum Gasteiger partial charge on any atom is 0.254 e. The summed E-state index contributed by atoms with van der Waals surface area (Å²) >= 11 is 0. The van der Waals surface area contributed by atoms with E-state index in [-0.39, 0.29) is 0 Å². The van der Waals surface area contributed by atoms with E-state index >= 15 is 0 Å². The molecule has 1 fully saturated rings. The highest BCUT2D eigenvalue weighted by atomic mass is 19.2. The number of carbonyl (C=O) groups excluding carboxylic acids is 1. The molecular weight excluding hydrogens is 271 g/mol. The van der Waals surface area contributed by atoms with Crippen LogP contribution in [0, 0.1) is 17.5 Å². The molecule has 0 aromatic heterocycles. The first-order chi connectivity index (χ1) is 9.50. The zero-order chi connectivity index (χ0) is 14.7. The van der Waals surface area contributed by atoms with Crippen LogP contribution in [0.5, 0.6) is 0 Å². The molecule has 0 aliphatic heterocycles. The summed E-state index contributed by atoms with van der Waals surface area (Å²) in [7, 11) is 0. The van der Waals surface area contributed by atoms with Crippen LogP contribution in [0.1, 0.15) is 42.5 Å². The second kappa shape index (κ2) is 6.26. The molecule has 110 valence electrons. The lowest BCUT2D eigenvalue weighted by Crippen LogP contribution is -2.43. The third-order valence-electron chi connectivity index (χ3n) is 3.58. The Morgan fingerprint density at radius 3 is 2.55 bits per heavy atom. The molecule has 1 aliphatic rings. The van der Waals surface area contributed by atoms with Crippen molar-refractivity contribution < 1.29 is 23.1 Å². The minimum Gasteiger partial charge on any atom is -0.391 e. The van der Waals surface area contributed by atoms with E-state index in [1.165, 1.54) is 0 Å². The molecule has 0 spiro atoms. The van der Waals surface area contributed by atoms with Gasteiger partial charge in [-0.1, -0.05) is 19.3 Å². The highest BCUT2D eigenvalue weighted by Gasteiger charge is 2.26. The molecule has 0 saturated heterocycles. The standard InChI is InChI=1S/C14H16F3NO2/c15-9-7-6-8(12(16)13(9)17)14(20)18-10-4-2-1-3-5-11(10)19/h6-7,10-11,19H,1-5H2,(H,18,20). The monoisotopic (exact) mass is 287 g/mol. The van der Waals surface area contributed by atoms with Gasteiger partial charge in [-0.2, -0.15) is 0 Å². The minimum atomic E-state index is -1.67. The number of hydrogen-bond acceptors (Lipinski definition) is 2. The summed E-state index contributed by atoms with van der Waals surface area (Å²) in [4.78, 5) is 11.9. The highest BCUT2D eigenvalue weighted by Crippen LogP contribution is 2.20. The normalized spacial score (nSPS) is 23.2. The Hall–Kier alpha value is -1.56. The molecule has 3 nitrogen and oxygen atoms in total. The van der Waals surface area contributed by atoms with Gasteiger partial charge in [-0.15, -0.1) is 0 Å². The van der Waals surface area contributed by atoms with Gasteiger partial charge in [0, 0.05) is 0 Å².